The fourth-order valence-corrected chi connectivity index (χ4v) is 3.32. The molecule has 4 nitrogen and oxygen atoms in total. The van der Waals surface area contributed by atoms with Gasteiger partial charge in [-0.25, -0.2) is 0 Å². The first-order chi connectivity index (χ1) is 9.66. The van der Waals surface area contributed by atoms with Crippen molar-refractivity contribution in [2.24, 2.45) is 0 Å². The fourth-order valence-electron chi connectivity index (χ4n) is 3.32. The molecular weight excluding hydrogens is 250 g/mol. The van der Waals surface area contributed by atoms with Gasteiger partial charge < -0.3 is 10.6 Å². The zero-order valence-electron chi connectivity index (χ0n) is 13.2. The van der Waals surface area contributed by atoms with Gasteiger partial charge in [0.2, 0.25) is 5.91 Å². The lowest BCUT2D eigenvalue weighted by Gasteiger charge is -2.33. The highest BCUT2D eigenvalue weighted by molar-refractivity contribution is 5.81. The highest BCUT2D eigenvalue weighted by atomic mass is 16.2. The van der Waals surface area contributed by atoms with Crippen LogP contribution in [0, 0.1) is 0 Å². The van der Waals surface area contributed by atoms with Crippen LogP contribution in [-0.4, -0.2) is 48.6 Å². The largest absolute Gasteiger partial charge is 0.352 e. The van der Waals surface area contributed by atoms with Crippen molar-refractivity contribution in [2.75, 3.05) is 19.6 Å². The Bertz CT molecular complexity index is 296. The zero-order chi connectivity index (χ0) is 14.4. The van der Waals surface area contributed by atoms with E-state index in [1.807, 2.05) is 6.92 Å². The van der Waals surface area contributed by atoms with Gasteiger partial charge in [-0.15, -0.1) is 0 Å². The Morgan fingerprint density at radius 2 is 1.75 bits per heavy atom. The monoisotopic (exact) mass is 281 g/mol. The quantitative estimate of drug-likeness (QED) is 0.781. The Morgan fingerprint density at radius 1 is 1.10 bits per heavy atom. The number of carbonyl (C=O) groups excluding carboxylic acids is 1. The van der Waals surface area contributed by atoms with E-state index in [-0.39, 0.29) is 11.9 Å². The van der Waals surface area contributed by atoms with Crippen LogP contribution in [0.5, 0.6) is 0 Å². The molecule has 2 fully saturated rings. The summed E-state index contributed by atoms with van der Waals surface area (Å²) in [7, 11) is 0. The number of hydrogen-bond donors (Lipinski definition) is 2. The molecule has 20 heavy (non-hydrogen) atoms. The van der Waals surface area contributed by atoms with E-state index >= 15 is 0 Å². The lowest BCUT2D eigenvalue weighted by Crippen LogP contribution is -2.50. The third-order valence-corrected chi connectivity index (χ3v) is 4.83. The van der Waals surface area contributed by atoms with Crippen LogP contribution in [-0.2, 0) is 4.79 Å². The highest BCUT2D eigenvalue weighted by Crippen LogP contribution is 2.17. The van der Waals surface area contributed by atoms with Crippen LogP contribution >= 0.6 is 0 Å². The summed E-state index contributed by atoms with van der Waals surface area (Å²) in [6, 6.07) is 0.867. The molecule has 2 N–H and O–H groups in total. The van der Waals surface area contributed by atoms with E-state index in [0.29, 0.717) is 12.1 Å². The predicted molar refractivity (Wildman–Crippen MR) is 82.7 cm³/mol. The SMILES string of the molecule is CC(NCC(C)N1CCCCC1)C(=O)NC1CCCC1. The van der Waals surface area contributed by atoms with Gasteiger partial charge in [0.1, 0.15) is 0 Å². The van der Waals surface area contributed by atoms with Gasteiger partial charge in [-0.1, -0.05) is 19.3 Å². The van der Waals surface area contributed by atoms with Crippen LogP contribution in [0.25, 0.3) is 0 Å². The first-order valence-corrected chi connectivity index (χ1v) is 8.44. The minimum atomic E-state index is -0.0807. The third kappa shape index (κ3) is 4.74. The Morgan fingerprint density at radius 3 is 2.40 bits per heavy atom. The summed E-state index contributed by atoms with van der Waals surface area (Å²) in [6.45, 7) is 7.57. The van der Waals surface area contributed by atoms with Gasteiger partial charge in [0.25, 0.3) is 0 Å². The maximum Gasteiger partial charge on any atom is 0.237 e. The van der Waals surface area contributed by atoms with Gasteiger partial charge >= 0.3 is 0 Å². The number of piperidine rings is 1. The maximum atomic E-state index is 12.1. The van der Waals surface area contributed by atoms with Crippen LogP contribution in [0.4, 0.5) is 0 Å². The molecule has 1 heterocycles. The van der Waals surface area contributed by atoms with Crippen LogP contribution in [0.3, 0.4) is 0 Å². The van der Waals surface area contributed by atoms with Crippen molar-refractivity contribution in [1.82, 2.24) is 15.5 Å². The molecule has 1 saturated heterocycles. The topological polar surface area (TPSA) is 44.4 Å². The van der Waals surface area contributed by atoms with E-state index in [1.165, 1.54) is 45.2 Å². The number of rotatable bonds is 6. The van der Waals surface area contributed by atoms with Crippen molar-refractivity contribution in [3.05, 3.63) is 0 Å². The summed E-state index contributed by atoms with van der Waals surface area (Å²) >= 11 is 0. The predicted octanol–water partition coefficient (Wildman–Crippen LogP) is 1.90. The molecule has 0 aromatic heterocycles. The molecule has 116 valence electrons. The van der Waals surface area contributed by atoms with Crippen LogP contribution < -0.4 is 10.6 Å². The van der Waals surface area contributed by atoms with Gasteiger partial charge in [-0.3, -0.25) is 9.69 Å². The number of carbonyl (C=O) groups is 1. The van der Waals surface area contributed by atoms with E-state index in [4.69, 9.17) is 0 Å². The fraction of sp³-hybridized carbons (Fsp3) is 0.938. The molecule has 1 amide bonds. The van der Waals surface area contributed by atoms with E-state index < -0.39 is 0 Å². The summed E-state index contributed by atoms with van der Waals surface area (Å²) in [5.74, 6) is 0.169. The maximum absolute atomic E-state index is 12.1. The van der Waals surface area contributed by atoms with E-state index in [9.17, 15) is 4.79 Å². The Hall–Kier alpha value is -0.610. The van der Waals surface area contributed by atoms with Crippen LogP contribution in [0.2, 0.25) is 0 Å². The number of likely N-dealkylation sites (tertiary alicyclic amines) is 1. The third-order valence-electron chi connectivity index (χ3n) is 4.83. The molecular formula is C16H31N3O. The molecule has 2 aliphatic rings. The summed E-state index contributed by atoms with van der Waals surface area (Å²) in [4.78, 5) is 14.6. The van der Waals surface area contributed by atoms with Crippen molar-refractivity contribution >= 4 is 5.91 Å². The van der Waals surface area contributed by atoms with Crippen LogP contribution in [0.1, 0.15) is 58.8 Å². The van der Waals surface area contributed by atoms with Crippen molar-refractivity contribution in [3.63, 3.8) is 0 Å². The zero-order valence-corrected chi connectivity index (χ0v) is 13.2. The van der Waals surface area contributed by atoms with E-state index in [1.54, 1.807) is 0 Å². The van der Waals surface area contributed by atoms with Gasteiger partial charge in [0, 0.05) is 18.6 Å². The van der Waals surface area contributed by atoms with Crippen LogP contribution in [0.15, 0.2) is 0 Å². The summed E-state index contributed by atoms with van der Waals surface area (Å²) in [5, 5.41) is 6.57. The number of amides is 1. The summed E-state index contributed by atoms with van der Waals surface area (Å²) in [6.07, 6.45) is 8.85. The van der Waals surface area contributed by atoms with Gasteiger partial charge in [0.05, 0.1) is 6.04 Å². The lowest BCUT2D eigenvalue weighted by molar-refractivity contribution is -0.123. The molecule has 1 aliphatic heterocycles. The minimum Gasteiger partial charge on any atom is -0.352 e. The summed E-state index contributed by atoms with van der Waals surface area (Å²) in [5.41, 5.74) is 0. The molecule has 0 bridgehead atoms. The van der Waals surface area contributed by atoms with E-state index in [2.05, 4.69) is 22.5 Å². The second kappa shape index (κ2) is 7.99. The molecule has 0 radical (unpaired) electrons. The Kier molecular flexibility index (Phi) is 6.30. The normalized spacial score (nSPS) is 24.5. The van der Waals surface area contributed by atoms with Gasteiger partial charge in [-0.05, 0) is 52.6 Å². The van der Waals surface area contributed by atoms with Crippen molar-refractivity contribution in [1.29, 1.82) is 0 Å². The standard InChI is InChI=1S/C16H31N3O/c1-13(19-10-6-3-7-11-19)12-17-14(2)16(20)18-15-8-4-5-9-15/h13-15,17H,3-12H2,1-2H3,(H,18,20). The van der Waals surface area contributed by atoms with Crippen molar-refractivity contribution < 1.29 is 4.79 Å². The van der Waals surface area contributed by atoms with Crippen molar-refractivity contribution in [2.45, 2.75) is 76.9 Å². The number of nitrogens with zero attached hydrogens (tertiary/aromatic N) is 1. The molecule has 2 rings (SSSR count). The second-order valence-corrected chi connectivity index (χ2v) is 6.57. The highest BCUT2D eigenvalue weighted by Gasteiger charge is 2.22. The van der Waals surface area contributed by atoms with Gasteiger partial charge in [-0.2, -0.15) is 0 Å². The number of hydrogen-bond acceptors (Lipinski definition) is 3. The molecule has 2 atom stereocenters. The molecule has 0 spiro atoms. The molecule has 2 unspecified atom stereocenters. The first kappa shape index (κ1) is 15.8. The second-order valence-electron chi connectivity index (χ2n) is 6.57. The minimum absolute atomic E-state index is 0.0807. The summed E-state index contributed by atoms with van der Waals surface area (Å²) < 4.78 is 0. The van der Waals surface area contributed by atoms with E-state index in [0.717, 1.165) is 19.4 Å². The molecule has 1 saturated carbocycles. The Labute approximate surface area is 123 Å². The first-order valence-electron chi connectivity index (χ1n) is 8.44. The van der Waals surface area contributed by atoms with Gasteiger partial charge in [0.15, 0.2) is 0 Å². The average Bonchev–Trinajstić information content (AvgIpc) is 2.98. The number of nitrogens with one attached hydrogen (secondary N) is 2. The Balaban J connectivity index is 1.65. The average molecular weight is 281 g/mol. The smallest absolute Gasteiger partial charge is 0.237 e. The molecule has 0 aromatic rings. The molecule has 0 aromatic carbocycles. The molecule has 1 aliphatic carbocycles. The molecule has 4 heteroatoms. The van der Waals surface area contributed by atoms with Crippen molar-refractivity contribution in [3.8, 4) is 0 Å². The lowest BCUT2D eigenvalue weighted by atomic mass is 10.1.